The predicted molar refractivity (Wildman–Crippen MR) is 91.3 cm³/mol. The van der Waals surface area contributed by atoms with E-state index in [0.717, 1.165) is 25.7 Å². The lowest BCUT2D eigenvalue weighted by Gasteiger charge is -2.21. The van der Waals surface area contributed by atoms with Gasteiger partial charge in [-0.1, -0.05) is 49.1 Å². The third-order valence-electron chi connectivity index (χ3n) is 3.70. The largest absolute Gasteiger partial charge is 0.389 e. The van der Waals surface area contributed by atoms with E-state index in [-0.39, 0.29) is 16.7 Å². The van der Waals surface area contributed by atoms with Crippen molar-refractivity contribution in [2.75, 3.05) is 10.5 Å². The summed E-state index contributed by atoms with van der Waals surface area (Å²) in [5, 5.41) is 0.335. The van der Waals surface area contributed by atoms with Crippen molar-refractivity contribution < 1.29 is 8.42 Å². The lowest BCUT2D eigenvalue weighted by Crippen LogP contribution is -2.24. The van der Waals surface area contributed by atoms with Gasteiger partial charge >= 0.3 is 0 Å². The quantitative estimate of drug-likeness (QED) is 0.802. The molecule has 0 aromatic heterocycles. The number of hydrogen-bond donors (Lipinski definition) is 2. The highest BCUT2D eigenvalue weighted by Crippen LogP contribution is 2.28. The zero-order chi connectivity index (χ0) is 15.5. The number of benzene rings is 1. The van der Waals surface area contributed by atoms with Gasteiger partial charge in [-0.25, -0.2) is 8.42 Å². The second-order valence-electron chi connectivity index (χ2n) is 5.45. The van der Waals surface area contributed by atoms with E-state index in [1.54, 1.807) is 18.2 Å². The summed E-state index contributed by atoms with van der Waals surface area (Å²) in [5.74, 6) is 0.370. The van der Waals surface area contributed by atoms with Gasteiger partial charge in [0.25, 0.3) is 0 Å². The van der Waals surface area contributed by atoms with Crippen LogP contribution in [0.15, 0.2) is 18.2 Å². The Kier molecular flexibility index (Phi) is 5.46. The summed E-state index contributed by atoms with van der Waals surface area (Å²) in [6, 6.07) is 4.83. The van der Waals surface area contributed by atoms with Crippen LogP contribution in [-0.2, 0) is 10.0 Å². The van der Waals surface area contributed by atoms with E-state index in [0.29, 0.717) is 16.3 Å². The number of nitrogens with one attached hydrogen (secondary N) is 1. The first kappa shape index (κ1) is 16.5. The molecule has 1 aromatic carbocycles. The van der Waals surface area contributed by atoms with Crippen LogP contribution in [0.5, 0.6) is 0 Å². The molecule has 0 radical (unpaired) electrons. The van der Waals surface area contributed by atoms with Crippen LogP contribution in [0.2, 0.25) is 5.02 Å². The maximum atomic E-state index is 12.3. The van der Waals surface area contributed by atoms with Crippen molar-refractivity contribution in [3.63, 3.8) is 0 Å². The number of halogens is 1. The summed E-state index contributed by atoms with van der Waals surface area (Å²) >= 11 is 10.9. The summed E-state index contributed by atoms with van der Waals surface area (Å²) in [6.45, 7) is 0. The fraction of sp³-hybridized carbons (Fsp3) is 0.500. The van der Waals surface area contributed by atoms with Gasteiger partial charge in [-0.15, -0.1) is 0 Å². The SMILES string of the molecule is NC(=S)c1ccc(Cl)c(NS(=O)(=O)CC2CCCCC2)c1. The number of hydrogen-bond acceptors (Lipinski definition) is 3. The summed E-state index contributed by atoms with van der Waals surface area (Å²) in [4.78, 5) is 0.208. The second-order valence-corrected chi connectivity index (χ2v) is 8.06. The minimum Gasteiger partial charge on any atom is -0.389 e. The first-order chi connectivity index (χ1) is 9.87. The van der Waals surface area contributed by atoms with Gasteiger partial charge < -0.3 is 5.73 Å². The summed E-state index contributed by atoms with van der Waals surface area (Å²) in [5.41, 5.74) is 6.48. The molecule has 1 aromatic rings. The van der Waals surface area contributed by atoms with E-state index in [2.05, 4.69) is 4.72 Å². The van der Waals surface area contributed by atoms with Gasteiger partial charge in [-0.05, 0) is 30.9 Å². The van der Waals surface area contributed by atoms with Crippen LogP contribution in [0, 0.1) is 5.92 Å². The minimum absolute atomic E-state index is 0.140. The van der Waals surface area contributed by atoms with Crippen LogP contribution in [-0.4, -0.2) is 19.2 Å². The Hall–Kier alpha value is -0.850. The lowest BCUT2D eigenvalue weighted by molar-refractivity contribution is 0.385. The molecule has 0 heterocycles. The molecule has 7 heteroatoms. The van der Waals surface area contributed by atoms with E-state index in [4.69, 9.17) is 29.6 Å². The van der Waals surface area contributed by atoms with Crippen LogP contribution in [0.3, 0.4) is 0 Å². The number of anilines is 1. The Morgan fingerprint density at radius 1 is 1.33 bits per heavy atom. The van der Waals surface area contributed by atoms with Gasteiger partial charge in [-0.2, -0.15) is 0 Å². The smallest absolute Gasteiger partial charge is 0.233 e. The second kappa shape index (κ2) is 6.94. The van der Waals surface area contributed by atoms with Gasteiger partial charge in [0.05, 0.1) is 16.5 Å². The number of sulfonamides is 1. The van der Waals surface area contributed by atoms with Crippen LogP contribution in [0.25, 0.3) is 0 Å². The van der Waals surface area contributed by atoms with E-state index in [1.165, 1.54) is 6.42 Å². The normalized spacial score (nSPS) is 16.6. The van der Waals surface area contributed by atoms with Crippen molar-refractivity contribution in [3.05, 3.63) is 28.8 Å². The molecule has 1 aliphatic rings. The van der Waals surface area contributed by atoms with Crippen molar-refractivity contribution in [2.45, 2.75) is 32.1 Å². The molecule has 3 N–H and O–H groups in total. The first-order valence-corrected chi connectivity index (χ1v) is 9.41. The Balaban J connectivity index is 2.12. The first-order valence-electron chi connectivity index (χ1n) is 6.97. The summed E-state index contributed by atoms with van der Waals surface area (Å²) in [6.07, 6.45) is 5.37. The molecule has 1 fully saturated rings. The topological polar surface area (TPSA) is 72.2 Å². The average molecular weight is 347 g/mol. The molecule has 21 heavy (non-hydrogen) atoms. The molecule has 0 aliphatic heterocycles. The average Bonchev–Trinajstić information content (AvgIpc) is 2.41. The molecular formula is C14H19ClN2O2S2. The Morgan fingerprint density at radius 3 is 2.62 bits per heavy atom. The zero-order valence-electron chi connectivity index (χ0n) is 11.6. The van der Waals surface area contributed by atoms with Crippen molar-refractivity contribution in [2.24, 2.45) is 11.7 Å². The molecule has 2 rings (SSSR count). The standard InChI is InChI=1S/C14H19ClN2O2S2/c15-12-7-6-11(14(16)20)8-13(12)17-21(18,19)9-10-4-2-1-3-5-10/h6-8,10,17H,1-5,9H2,(H2,16,20). The molecule has 4 nitrogen and oxygen atoms in total. The highest BCUT2D eigenvalue weighted by molar-refractivity contribution is 7.92. The maximum Gasteiger partial charge on any atom is 0.233 e. The summed E-state index contributed by atoms with van der Waals surface area (Å²) < 4.78 is 27.1. The molecule has 0 spiro atoms. The molecule has 0 amide bonds. The fourth-order valence-electron chi connectivity index (χ4n) is 2.63. The molecule has 0 atom stereocenters. The monoisotopic (exact) mass is 346 g/mol. The van der Waals surface area contributed by atoms with Gasteiger partial charge in [0.2, 0.25) is 10.0 Å². The summed E-state index contributed by atoms with van der Waals surface area (Å²) in [7, 11) is -3.42. The molecular weight excluding hydrogens is 328 g/mol. The highest BCUT2D eigenvalue weighted by atomic mass is 35.5. The third kappa shape index (κ3) is 4.83. The van der Waals surface area contributed by atoms with E-state index >= 15 is 0 Å². The predicted octanol–water partition coefficient (Wildman–Crippen LogP) is 3.30. The van der Waals surface area contributed by atoms with Crippen molar-refractivity contribution in [3.8, 4) is 0 Å². The van der Waals surface area contributed by atoms with Crippen LogP contribution in [0.1, 0.15) is 37.7 Å². The minimum atomic E-state index is -3.42. The number of rotatable bonds is 5. The van der Waals surface area contributed by atoms with Crippen molar-refractivity contribution >= 4 is 44.5 Å². The molecule has 116 valence electrons. The Morgan fingerprint density at radius 2 is 2.00 bits per heavy atom. The Bertz CT molecular complexity index is 626. The van der Waals surface area contributed by atoms with Crippen molar-refractivity contribution in [1.29, 1.82) is 0 Å². The number of nitrogens with two attached hydrogens (primary N) is 1. The molecule has 1 aliphatic carbocycles. The molecule has 1 saturated carbocycles. The van der Waals surface area contributed by atoms with Gasteiger partial charge in [0.1, 0.15) is 4.99 Å². The lowest BCUT2D eigenvalue weighted by atomic mass is 9.91. The molecule has 0 unspecified atom stereocenters. The highest BCUT2D eigenvalue weighted by Gasteiger charge is 2.22. The fourth-order valence-corrected chi connectivity index (χ4v) is 4.52. The van der Waals surface area contributed by atoms with E-state index in [1.807, 2.05) is 0 Å². The molecule has 0 bridgehead atoms. The zero-order valence-corrected chi connectivity index (χ0v) is 14.0. The van der Waals surface area contributed by atoms with Gasteiger partial charge in [0.15, 0.2) is 0 Å². The van der Waals surface area contributed by atoms with Gasteiger partial charge in [-0.3, -0.25) is 4.72 Å². The van der Waals surface area contributed by atoms with Crippen LogP contribution < -0.4 is 10.5 Å². The third-order valence-corrected chi connectivity index (χ3v) is 5.70. The van der Waals surface area contributed by atoms with Crippen LogP contribution >= 0.6 is 23.8 Å². The maximum absolute atomic E-state index is 12.3. The number of thiocarbonyl (C=S) groups is 1. The molecule has 0 saturated heterocycles. The van der Waals surface area contributed by atoms with Gasteiger partial charge in [0, 0.05) is 5.56 Å². The Labute approximate surface area is 136 Å². The van der Waals surface area contributed by atoms with E-state index < -0.39 is 10.0 Å². The van der Waals surface area contributed by atoms with Crippen molar-refractivity contribution in [1.82, 2.24) is 0 Å². The van der Waals surface area contributed by atoms with E-state index in [9.17, 15) is 8.42 Å². The van der Waals surface area contributed by atoms with Crippen LogP contribution in [0.4, 0.5) is 5.69 Å².